The Labute approximate surface area is 128 Å². The predicted octanol–water partition coefficient (Wildman–Crippen LogP) is 3.53. The molecule has 0 spiro atoms. The number of hydrogen-bond acceptors (Lipinski definition) is 4. The molecule has 0 bridgehead atoms. The van der Waals surface area contributed by atoms with Gasteiger partial charge in [-0.05, 0) is 42.7 Å². The van der Waals surface area contributed by atoms with Crippen LogP contribution in [0.15, 0.2) is 30.3 Å². The van der Waals surface area contributed by atoms with E-state index in [0.717, 1.165) is 34.2 Å². The number of rotatable bonds is 6. The Morgan fingerprint density at radius 3 is 2.45 bits per heavy atom. The number of methoxy groups -OCH3 is 2. The summed E-state index contributed by atoms with van der Waals surface area (Å²) in [5.41, 5.74) is 7.34. The van der Waals surface area contributed by atoms with E-state index >= 15 is 0 Å². The molecule has 20 heavy (non-hydrogen) atoms. The molecule has 108 valence electrons. The van der Waals surface area contributed by atoms with Crippen molar-refractivity contribution >= 4 is 22.9 Å². The second-order valence-corrected chi connectivity index (χ2v) is 6.36. The lowest BCUT2D eigenvalue weighted by atomic mass is 10.0. The van der Waals surface area contributed by atoms with Gasteiger partial charge in [0.05, 0.1) is 18.6 Å². The lowest BCUT2D eigenvalue weighted by molar-refractivity contribution is 0.354. The van der Waals surface area contributed by atoms with E-state index in [1.54, 1.807) is 25.6 Å². The molecular weight excluding hydrogens is 294 g/mol. The molecule has 0 saturated heterocycles. The number of thiophene rings is 1. The van der Waals surface area contributed by atoms with Crippen LogP contribution >= 0.6 is 22.9 Å². The number of nitrogens with two attached hydrogens (primary N) is 1. The topological polar surface area (TPSA) is 44.5 Å². The summed E-state index contributed by atoms with van der Waals surface area (Å²) < 4.78 is 11.3. The van der Waals surface area contributed by atoms with Gasteiger partial charge in [0, 0.05) is 10.9 Å². The third-order valence-corrected chi connectivity index (χ3v) is 4.29. The highest BCUT2D eigenvalue weighted by atomic mass is 35.5. The first-order valence-electron chi connectivity index (χ1n) is 6.33. The molecule has 0 aliphatic carbocycles. The maximum atomic E-state index is 6.20. The second kappa shape index (κ2) is 6.97. The summed E-state index contributed by atoms with van der Waals surface area (Å²) in [4.78, 5) is 1.21. The molecule has 1 aromatic carbocycles. The molecule has 1 unspecified atom stereocenters. The van der Waals surface area contributed by atoms with E-state index in [9.17, 15) is 0 Å². The van der Waals surface area contributed by atoms with Crippen molar-refractivity contribution in [3.63, 3.8) is 0 Å². The Kier molecular flexibility index (Phi) is 5.29. The van der Waals surface area contributed by atoms with Crippen molar-refractivity contribution in [1.29, 1.82) is 0 Å². The molecule has 0 aliphatic heterocycles. The zero-order chi connectivity index (χ0) is 14.5. The van der Waals surface area contributed by atoms with Gasteiger partial charge >= 0.3 is 0 Å². The van der Waals surface area contributed by atoms with Crippen molar-refractivity contribution in [1.82, 2.24) is 0 Å². The van der Waals surface area contributed by atoms with Gasteiger partial charge in [0.2, 0.25) is 0 Å². The molecule has 0 amide bonds. The van der Waals surface area contributed by atoms with Gasteiger partial charge in [-0.25, -0.2) is 0 Å². The minimum absolute atomic E-state index is 0.0582. The summed E-state index contributed by atoms with van der Waals surface area (Å²) >= 11 is 7.51. The fourth-order valence-electron chi connectivity index (χ4n) is 2.10. The average molecular weight is 312 g/mol. The van der Waals surface area contributed by atoms with Crippen LogP contribution in [0.1, 0.15) is 10.4 Å². The van der Waals surface area contributed by atoms with Gasteiger partial charge in [0.1, 0.15) is 0 Å². The molecule has 3 nitrogen and oxygen atoms in total. The van der Waals surface area contributed by atoms with Crippen LogP contribution in [0.4, 0.5) is 0 Å². The van der Waals surface area contributed by atoms with E-state index in [4.69, 9.17) is 26.8 Å². The Hall–Kier alpha value is -1.23. The summed E-state index contributed by atoms with van der Waals surface area (Å²) in [5, 5.41) is 0. The summed E-state index contributed by atoms with van der Waals surface area (Å²) in [6.07, 6.45) is 1.61. The molecule has 5 heteroatoms. The van der Waals surface area contributed by atoms with Gasteiger partial charge in [-0.3, -0.25) is 0 Å². The fraction of sp³-hybridized carbons (Fsp3) is 0.333. The van der Waals surface area contributed by atoms with Crippen LogP contribution in [-0.4, -0.2) is 20.3 Å². The van der Waals surface area contributed by atoms with Gasteiger partial charge in [-0.15, -0.1) is 11.3 Å². The van der Waals surface area contributed by atoms with E-state index in [1.807, 2.05) is 30.3 Å². The van der Waals surface area contributed by atoms with Crippen LogP contribution in [-0.2, 0) is 12.8 Å². The van der Waals surface area contributed by atoms with Gasteiger partial charge in [-0.1, -0.05) is 17.7 Å². The highest BCUT2D eigenvalue weighted by molar-refractivity contribution is 7.16. The molecule has 2 rings (SSSR count). The van der Waals surface area contributed by atoms with Gasteiger partial charge in [-0.2, -0.15) is 0 Å². The van der Waals surface area contributed by atoms with Crippen LogP contribution in [0.3, 0.4) is 0 Å². The fourth-order valence-corrected chi connectivity index (χ4v) is 3.28. The Morgan fingerprint density at radius 2 is 1.85 bits per heavy atom. The summed E-state index contributed by atoms with van der Waals surface area (Å²) in [7, 11) is 3.26. The van der Waals surface area contributed by atoms with Crippen molar-refractivity contribution in [2.75, 3.05) is 14.2 Å². The standard InChI is InChI=1S/C15H18ClNO2S/c1-18-13-5-3-10(8-14(13)19-2)7-11(17)9-12-4-6-15(16)20-12/h3-6,8,11H,7,9,17H2,1-2H3. The first kappa shape index (κ1) is 15.2. The Balaban J connectivity index is 2.02. The second-order valence-electron chi connectivity index (χ2n) is 4.56. The Bertz CT molecular complexity index is 571. The highest BCUT2D eigenvalue weighted by Gasteiger charge is 2.10. The lowest BCUT2D eigenvalue weighted by Crippen LogP contribution is -2.25. The molecule has 2 N–H and O–H groups in total. The van der Waals surface area contributed by atoms with E-state index in [1.165, 1.54) is 4.88 Å². The van der Waals surface area contributed by atoms with E-state index in [2.05, 4.69) is 0 Å². The Morgan fingerprint density at radius 1 is 1.10 bits per heavy atom. The summed E-state index contributed by atoms with van der Waals surface area (Å²) in [6.45, 7) is 0. The minimum Gasteiger partial charge on any atom is -0.493 e. The number of hydrogen-bond donors (Lipinski definition) is 1. The maximum Gasteiger partial charge on any atom is 0.160 e. The third-order valence-electron chi connectivity index (χ3n) is 3.04. The molecule has 0 saturated carbocycles. The van der Waals surface area contributed by atoms with Gasteiger partial charge < -0.3 is 15.2 Å². The first-order chi connectivity index (χ1) is 9.62. The SMILES string of the molecule is COc1ccc(CC(N)Cc2ccc(Cl)s2)cc1OC. The predicted molar refractivity (Wildman–Crippen MR) is 84.3 cm³/mol. The zero-order valence-electron chi connectivity index (χ0n) is 11.6. The normalized spacial score (nSPS) is 12.2. The van der Waals surface area contributed by atoms with Crippen molar-refractivity contribution in [2.24, 2.45) is 5.73 Å². The summed E-state index contributed by atoms with van der Waals surface area (Å²) in [5.74, 6) is 1.46. The minimum atomic E-state index is 0.0582. The van der Waals surface area contributed by atoms with E-state index in [0.29, 0.717) is 0 Å². The smallest absolute Gasteiger partial charge is 0.160 e. The van der Waals surface area contributed by atoms with Crippen LogP contribution < -0.4 is 15.2 Å². The number of benzene rings is 1. The van der Waals surface area contributed by atoms with Crippen LogP contribution in [0.5, 0.6) is 11.5 Å². The van der Waals surface area contributed by atoms with Crippen LogP contribution in [0.25, 0.3) is 0 Å². The van der Waals surface area contributed by atoms with Gasteiger partial charge in [0.15, 0.2) is 11.5 Å². The van der Waals surface area contributed by atoms with Crippen molar-refractivity contribution in [2.45, 2.75) is 18.9 Å². The van der Waals surface area contributed by atoms with Crippen molar-refractivity contribution in [3.8, 4) is 11.5 Å². The van der Waals surface area contributed by atoms with Crippen LogP contribution in [0, 0.1) is 0 Å². The molecule has 2 aromatic rings. The third kappa shape index (κ3) is 3.88. The van der Waals surface area contributed by atoms with E-state index < -0.39 is 0 Å². The molecule has 1 aromatic heterocycles. The zero-order valence-corrected chi connectivity index (χ0v) is 13.1. The molecular formula is C15H18ClNO2S. The lowest BCUT2D eigenvalue weighted by Gasteiger charge is -2.13. The summed E-state index contributed by atoms with van der Waals surface area (Å²) in [6, 6.07) is 9.89. The molecule has 0 fully saturated rings. The van der Waals surface area contributed by atoms with E-state index in [-0.39, 0.29) is 6.04 Å². The molecule has 1 heterocycles. The largest absolute Gasteiger partial charge is 0.493 e. The number of ether oxygens (including phenoxy) is 2. The average Bonchev–Trinajstić information content (AvgIpc) is 2.83. The quantitative estimate of drug-likeness (QED) is 0.887. The van der Waals surface area contributed by atoms with Crippen molar-refractivity contribution in [3.05, 3.63) is 45.1 Å². The van der Waals surface area contributed by atoms with Crippen LogP contribution in [0.2, 0.25) is 4.34 Å². The van der Waals surface area contributed by atoms with Crippen molar-refractivity contribution < 1.29 is 9.47 Å². The monoisotopic (exact) mass is 311 g/mol. The maximum absolute atomic E-state index is 6.20. The molecule has 0 radical (unpaired) electrons. The highest BCUT2D eigenvalue weighted by Crippen LogP contribution is 2.28. The first-order valence-corrected chi connectivity index (χ1v) is 7.52. The van der Waals surface area contributed by atoms with Gasteiger partial charge in [0.25, 0.3) is 0 Å². The number of halogens is 1. The molecule has 0 aliphatic rings. The molecule has 1 atom stereocenters.